The molecule has 0 amide bonds. The first-order chi connectivity index (χ1) is 9.79. The summed E-state index contributed by atoms with van der Waals surface area (Å²) in [5, 5.41) is 3.59. The molecule has 0 bridgehead atoms. The lowest BCUT2D eigenvalue weighted by Gasteiger charge is -2.46. The number of likely N-dealkylation sites (N-methyl/N-ethyl adjacent to an activating group) is 2. The first-order valence-electron chi connectivity index (χ1n) is 8.85. The van der Waals surface area contributed by atoms with E-state index in [1.165, 1.54) is 45.3 Å². The number of hydrogen-bond donors (Lipinski definition) is 1. The Morgan fingerprint density at radius 1 is 1.10 bits per heavy atom. The zero-order valence-electron chi connectivity index (χ0n) is 15.6. The Balaban J connectivity index is 2.67. The van der Waals surface area contributed by atoms with Gasteiger partial charge >= 0.3 is 0 Å². The maximum absolute atomic E-state index is 3.59. The van der Waals surface area contributed by atoms with Crippen LogP contribution in [0.25, 0.3) is 0 Å². The Morgan fingerprint density at radius 3 is 2.24 bits per heavy atom. The average molecular weight is 298 g/mol. The van der Waals surface area contributed by atoms with Gasteiger partial charge in [-0.1, -0.05) is 27.7 Å². The molecule has 1 N–H and O–H groups in total. The smallest absolute Gasteiger partial charge is 0.0251 e. The molecule has 21 heavy (non-hydrogen) atoms. The third-order valence-corrected chi connectivity index (χ3v) is 5.34. The molecule has 1 saturated carbocycles. The minimum absolute atomic E-state index is 0.444. The molecule has 1 fully saturated rings. The van der Waals surface area contributed by atoms with Gasteiger partial charge in [-0.05, 0) is 77.8 Å². The fourth-order valence-electron chi connectivity index (χ4n) is 3.82. The Kier molecular flexibility index (Phi) is 7.66. The average Bonchev–Trinajstić information content (AvgIpc) is 2.41. The van der Waals surface area contributed by atoms with E-state index in [1.807, 2.05) is 0 Å². The predicted molar refractivity (Wildman–Crippen MR) is 93.8 cm³/mol. The summed E-state index contributed by atoms with van der Waals surface area (Å²) in [5.74, 6) is 0.856. The highest BCUT2D eigenvalue weighted by Crippen LogP contribution is 2.39. The van der Waals surface area contributed by atoms with Crippen LogP contribution in [0.5, 0.6) is 0 Å². The highest BCUT2D eigenvalue weighted by Gasteiger charge is 2.37. The quantitative estimate of drug-likeness (QED) is 0.779. The highest BCUT2D eigenvalue weighted by molar-refractivity contribution is 4.93. The minimum atomic E-state index is 0.444. The topological polar surface area (TPSA) is 18.5 Å². The Hall–Kier alpha value is -0.120. The van der Waals surface area contributed by atoms with E-state index < -0.39 is 0 Å². The van der Waals surface area contributed by atoms with Crippen molar-refractivity contribution in [1.29, 1.82) is 0 Å². The van der Waals surface area contributed by atoms with Gasteiger partial charge in [-0.3, -0.25) is 4.90 Å². The largest absolute Gasteiger partial charge is 0.315 e. The van der Waals surface area contributed by atoms with Gasteiger partial charge in [0, 0.05) is 12.1 Å². The van der Waals surface area contributed by atoms with Crippen molar-refractivity contribution in [1.82, 2.24) is 15.1 Å². The number of rotatable bonds is 7. The van der Waals surface area contributed by atoms with Crippen LogP contribution in [-0.4, -0.2) is 62.7 Å². The lowest BCUT2D eigenvalue weighted by Crippen LogP contribution is -2.54. The van der Waals surface area contributed by atoms with E-state index in [0.29, 0.717) is 17.5 Å². The van der Waals surface area contributed by atoms with Gasteiger partial charge in [0.25, 0.3) is 0 Å². The first-order valence-corrected chi connectivity index (χ1v) is 8.85. The molecule has 0 heterocycles. The van der Waals surface area contributed by atoms with E-state index in [2.05, 4.69) is 64.0 Å². The maximum Gasteiger partial charge on any atom is 0.0251 e. The molecule has 1 aliphatic rings. The molecule has 0 radical (unpaired) electrons. The van der Waals surface area contributed by atoms with Crippen molar-refractivity contribution < 1.29 is 0 Å². The van der Waals surface area contributed by atoms with E-state index in [-0.39, 0.29) is 0 Å². The lowest BCUT2D eigenvalue weighted by atomic mass is 9.69. The van der Waals surface area contributed by atoms with Gasteiger partial charge in [-0.2, -0.15) is 0 Å². The molecule has 0 aromatic rings. The minimum Gasteiger partial charge on any atom is -0.315 e. The summed E-state index contributed by atoms with van der Waals surface area (Å²) >= 11 is 0. The van der Waals surface area contributed by atoms with Gasteiger partial charge in [0.05, 0.1) is 0 Å². The number of nitrogens with one attached hydrogen (secondary N) is 1. The van der Waals surface area contributed by atoms with Crippen LogP contribution in [0.1, 0.15) is 53.4 Å². The van der Waals surface area contributed by atoms with Crippen LogP contribution in [0.15, 0.2) is 0 Å². The van der Waals surface area contributed by atoms with E-state index in [9.17, 15) is 0 Å². The van der Waals surface area contributed by atoms with Crippen LogP contribution in [0.2, 0.25) is 0 Å². The third-order valence-electron chi connectivity index (χ3n) is 5.34. The summed E-state index contributed by atoms with van der Waals surface area (Å²) in [6, 6.07) is 1.38. The van der Waals surface area contributed by atoms with Crippen LogP contribution >= 0.6 is 0 Å². The van der Waals surface area contributed by atoms with Gasteiger partial charge in [0.15, 0.2) is 0 Å². The second-order valence-electron chi connectivity index (χ2n) is 8.12. The van der Waals surface area contributed by atoms with E-state index >= 15 is 0 Å². The molecule has 0 aromatic carbocycles. The van der Waals surface area contributed by atoms with Crippen LogP contribution in [0.3, 0.4) is 0 Å². The second kappa shape index (κ2) is 8.50. The standard InChI is InChI=1S/C18H39N3/c1-8-21(13-9-12-20(6)7)17-14-15(18(2,3)4)10-11-16(17)19-5/h15-17,19H,8-14H2,1-7H3. The summed E-state index contributed by atoms with van der Waals surface area (Å²) in [6.45, 7) is 13.2. The normalized spacial score (nSPS) is 27.6. The summed E-state index contributed by atoms with van der Waals surface area (Å²) < 4.78 is 0. The Labute approximate surface area is 133 Å². The molecule has 0 aliphatic heterocycles. The highest BCUT2D eigenvalue weighted by atomic mass is 15.2. The first kappa shape index (κ1) is 18.9. The van der Waals surface area contributed by atoms with Crippen molar-refractivity contribution in [2.75, 3.05) is 40.8 Å². The second-order valence-corrected chi connectivity index (χ2v) is 8.12. The summed E-state index contributed by atoms with van der Waals surface area (Å²) in [6.07, 6.45) is 5.33. The molecule has 1 rings (SSSR count). The molecule has 1 aliphatic carbocycles. The van der Waals surface area contributed by atoms with Crippen molar-refractivity contribution in [3.05, 3.63) is 0 Å². The van der Waals surface area contributed by atoms with Gasteiger partial charge < -0.3 is 10.2 Å². The molecule has 126 valence electrons. The molecular formula is C18H39N3. The van der Waals surface area contributed by atoms with Crippen LogP contribution in [-0.2, 0) is 0 Å². The summed E-state index contributed by atoms with van der Waals surface area (Å²) in [5.41, 5.74) is 0.444. The Morgan fingerprint density at radius 2 is 1.76 bits per heavy atom. The fraction of sp³-hybridized carbons (Fsp3) is 1.00. The van der Waals surface area contributed by atoms with Crippen LogP contribution in [0.4, 0.5) is 0 Å². The molecule has 3 atom stereocenters. The van der Waals surface area contributed by atoms with Crippen LogP contribution in [0, 0.1) is 11.3 Å². The van der Waals surface area contributed by atoms with Crippen LogP contribution < -0.4 is 5.32 Å². The predicted octanol–water partition coefficient (Wildman–Crippen LogP) is 3.06. The van der Waals surface area contributed by atoms with E-state index in [4.69, 9.17) is 0 Å². The molecular weight excluding hydrogens is 258 g/mol. The molecule has 0 saturated heterocycles. The van der Waals surface area contributed by atoms with Gasteiger partial charge in [-0.25, -0.2) is 0 Å². The molecule has 0 spiro atoms. The molecule has 3 nitrogen and oxygen atoms in total. The van der Waals surface area contributed by atoms with Gasteiger partial charge in [0.1, 0.15) is 0 Å². The molecule has 0 aromatic heterocycles. The third kappa shape index (κ3) is 5.88. The Bertz CT molecular complexity index is 283. The zero-order valence-corrected chi connectivity index (χ0v) is 15.6. The van der Waals surface area contributed by atoms with E-state index in [1.54, 1.807) is 0 Å². The lowest BCUT2D eigenvalue weighted by molar-refractivity contribution is 0.0614. The van der Waals surface area contributed by atoms with Gasteiger partial charge in [0.2, 0.25) is 0 Å². The van der Waals surface area contributed by atoms with Crippen molar-refractivity contribution >= 4 is 0 Å². The summed E-state index contributed by atoms with van der Waals surface area (Å²) in [4.78, 5) is 5.02. The summed E-state index contributed by atoms with van der Waals surface area (Å²) in [7, 11) is 6.48. The maximum atomic E-state index is 3.59. The monoisotopic (exact) mass is 297 g/mol. The van der Waals surface area contributed by atoms with E-state index in [0.717, 1.165) is 5.92 Å². The number of hydrogen-bond acceptors (Lipinski definition) is 3. The van der Waals surface area contributed by atoms with Gasteiger partial charge in [-0.15, -0.1) is 0 Å². The molecule has 3 heteroatoms. The fourth-order valence-corrected chi connectivity index (χ4v) is 3.82. The molecule has 3 unspecified atom stereocenters. The SMILES string of the molecule is CCN(CCCN(C)C)C1CC(C(C)(C)C)CCC1NC. The van der Waals surface area contributed by atoms with Crippen molar-refractivity contribution in [2.45, 2.75) is 65.5 Å². The van der Waals surface area contributed by atoms with Crippen molar-refractivity contribution in [2.24, 2.45) is 11.3 Å². The van der Waals surface area contributed by atoms with Crippen molar-refractivity contribution in [3.8, 4) is 0 Å². The zero-order chi connectivity index (χ0) is 16.0. The van der Waals surface area contributed by atoms with Crippen molar-refractivity contribution in [3.63, 3.8) is 0 Å². The number of nitrogens with zero attached hydrogens (tertiary/aromatic N) is 2.